The fourth-order valence-corrected chi connectivity index (χ4v) is 3.87. The largest absolute Gasteiger partial charge is 0.322 e. The summed E-state index contributed by atoms with van der Waals surface area (Å²) >= 11 is 1.33. The Bertz CT molecular complexity index is 1150. The second kappa shape index (κ2) is 7.51. The minimum atomic E-state index is -0.305. The Hall–Kier alpha value is -3.69. The summed E-state index contributed by atoms with van der Waals surface area (Å²) in [4.78, 5) is 13.5. The van der Waals surface area contributed by atoms with Crippen LogP contribution in [0, 0.1) is 17.1 Å². The Balaban J connectivity index is 1.73. The average Bonchev–Trinajstić information content (AvgIpc) is 3.38. The van der Waals surface area contributed by atoms with E-state index in [1.807, 2.05) is 34.5 Å². The molecule has 4 aromatic rings. The maximum absolute atomic E-state index is 13.3. The summed E-state index contributed by atoms with van der Waals surface area (Å²) in [6.07, 6.45) is 3.74. The third-order valence-corrected chi connectivity index (χ3v) is 5.23. The van der Waals surface area contributed by atoms with Crippen molar-refractivity contribution in [3.63, 3.8) is 0 Å². The van der Waals surface area contributed by atoms with Gasteiger partial charge in [0.1, 0.15) is 10.7 Å². The predicted molar refractivity (Wildman–Crippen MR) is 108 cm³/mol. The number of hydrogen-bond acceptors (Lipinski definition) is 3. The first-order valence-electron chi connectivity index (χ1n) is 8.48. The minimum absolute atomic E-state index is 0.244. The monoisotopic (exact) mass is 387 g/mol. The lowest BCUT2D eigenvalue weighted by atomic mass is 10.1. The third-order valence-electron chi connectivity index (χ3n) is 4.26. The number of nitrogens with zero attached hydrogens (tertiary/aromatic N) is 2. The van der Waals surface area contributed by atoms with Crippen LogP contribution in [-0.2, 0) is 0 Å². The standard InChI is InChI=1S/C22H14FN3OS/c23-17-7-5-16(6-8-17)19-14-28-21(20(19)26-11-1-2-12-26)22(27)25-18-9-3-15(13-24)4-10-18/h1-12,14H,(H,25,27). The molecule has 0 atom stereocenters. The molecule has 0 aliphatic carbocycles. The van der Waals surface area contributed by atoms with Crippen molar-refractivity contribution in [2.24, 2.45) is 0 Å². The Morgan fingerprint density at radius 3 is 2.36 bits per heavy atom. The highest BCUT2D eigenvalue weighted by Crippen LogP contribution is 2.35. The van der Waals surface area contributed by atoms with Crippen LogP contribution in [0.4, 0.5) is 10.1 Å². The summed E-state index contributed by atoms with van der Waals surface area (Å²) in [5.74, 6) is -0.549. The Morgan fingerprint density at radius 1 is 1.04 bits per heavy atom. The van der Waals surface area contributed by atoms with Crippen LogP contribution in [0.25, 0.3) is 16.8 Å². The number of nitrogens with one attached hydrogen (secondary N) is 1. The van der Waals surface area contributed by atoms with Gasteiger partial charge < -0.3 is 9.88 Å². The highest BCUT2D eigenvalue weighted by Gasteiger charge is 2.20. The van der Waals surface area contributed by atoms with Crippen molar-refractivity contribution in [1.29, 1.82) is 5.26 Å². The van der Waals surface area contributed by atoms with Crippen LogP contribution in [0.1, 0.15) is 15.2 Å². The van der Waals surface area contributed by atoms with Crippen molar-refractivity contribution in [2.45, 2.75) is 0 Å². The molecule has 28 heavy (non-hydrogen) atoms. The van der Waals surface area contributed by atoms with Gasteiger partial charge in [0.05, 0.1) is 17.3 Å². The number of carbonyl (C=O) groups is 1. The normalized spacial score (nSPS) is 10.4. The van der Waals surface area contributed by atoms with Crippen molar-refractivity contribution in [1.82, 2.24) is 4.57 Å². The van der Waals surface area contributed by atoms with Crippen LogP contribution in [0.3, 0.4) is 0 Å². The second-order valence-corrected chi connectivity index (χ2v) is 6.95. The highest BCUT2D eigenvalue weighted by molar-refractivity contribution is 7.13. The highest BCUT2D eigenvalue weighted by atomic mass is 32.1. The fraction of sp³-hybridized carbons (Fsp3) is 0. The van der Waals surface area contributed by atoms with Gasteiger partial charge in [-0.25, -0.2) is 4.39 Å². The average molecular weight is 387 g/mol. The number of halogens is 1. The Morgan fingerprint density at radius 2 is 1.71 bits per heavy atom. The lowest BCUT2D eigenvalue weighted by Gasteiger charge is -2.10. The molecule has 0 spiro atoms. The molecule has 0 saturated carbocycles. The summed E-state index contributed by atoms with van der Waals surface area (Å²) in [6, 6.07) is 18.7. The SMILES string of the molecule is N#Cc1ccc(NC(=O)c2scc(-c3ccc(F)cc3)c2-n2cccc2)cc1. The van der Waals surface area contributed by atoms with Crippen LogP contribution in [0.5, 0.6) is 0 Å². The first-order chi connectivity index (χ1) is 13.7. The van der Waals surface area contributed by atoms with Crippen molar-refractivity contribution < 1.29 is 9.18 Å². The zero-order valence-electron chi connectivity index (χ0n) is 14.6. The topological polar surface area (TPSA) is 57.8 Å². The summed E-state index contributed by atoms with van der Waals surface area (Å²) in [5.41, 5.74) is 3.57. The number of thiophene rings is 1. The molecule has 4 rings (SSSR count). The Labute approximate surface area is 165 Å². The van der Waals surface area contributed by atoms with E-state index in [1.165, 1.54) is 23.5 Å². The third kappa shape index (κ3) is 3.43. The number of carbonyl (C=O) groups excluding carboxylic acids is 1. The molecule has 0 aliphatic heterocycles. The van der Waals surface area contributed by atoms with Crippen LogP contribution < -0.4 is 5.32 Å². The molecule has 0 unspecified atom stereocenters. The fourth-order valence-electron chi connectivity index (χ4n) is 2.90. The quantitative estimate of drug-likeness (QED) is 0.505. The molecule has 0 bridgehead atoms. The first kappa shape index (κ1) is 17.7. The number of nitriles is 1. The lowest BCUT2D eigenvalue weighted by Crippen LogP contribution is -2.12. The summed E-state index contributed by atoms with van der Waals surface area (Å²) in [7, 11) is 0. The maximum atomic E-state index is 13.3. The van der Waals surface area contributed by atoms with E-state index in [2.05, 4.69) is 11.4 Å². The molecule has 136 valence electrons. The van der Waals surface area contributed by atoms with Gasteiger partial charge >= 0.3 is 0 Å². The van der Waals surface area contributed by atoms with Crippen molar-refractivity contribution in [2.75, 3.05) is 5.32 Å². The van der Waals surface area contributed by atoms with E-state index in [1.54, 1.807) is 36.4 Å². The minimum Gasteiger partial charge on any atom is -0.322 e. The van der Waals surface area contributed by atoms with E-state index in [0.717, 1.165) is 16.8 Å². The van der Waals surface area contributed by atoms with Gasteiger partial charge in [0.2, 0.25) is 0 Å². The van der Waals surface area contributed by atoms with Crippen molar-refractivity contribution in [3.8, 4) is 22.9 Å². The maximum Gasteiger partial charge on any atom is 0.267 e. The first-order valence-corrected chi connectivity index (χ1v) is 9.36. The molecule has 0 aliphatic rings. The zero-order valence-corrected chi connectivity index (χ0v) is 15.4. The molecule has 2 heterocycles. The van der Waals surface area contributed by atoms with E-state index in [-0.39, 0.29) is 11.7 Å². The predicted octanol–water partition coefficient (Wildman–Crippen LogP) is 5.47. The Kier molecular flexibility index (Phi) is 4.75. The number of aromatic nitrogens is 1. The summed E-state index contributed by atoms with van der Waals surface area (Å²) in [6.45, 7) is 0. The number of anilines is 1. The molecule has 0 saturated heterocycles. The van der Waals surface area contributed by atoms with E-state index >= 15 is 0 Å². The van der Waals surface area contributed by atoms with Crippen molar-refractivity contribution in [3.05, 3.63) is 94.7 Å². The van der Waals surface area contributed by atoms with Gasteiger partial charge in [0.15, 0.2) is 0 Å². The molecule has 0 fully saturated rings. The molecular weight excluding hydrogens is 373 g/mol. The van der Waals surface area contributed by atoms with E-state index in [4.69, 9.17) is 5.26 Å². The second-order valence-electron chi connectivity index (χ2n) is 6.07. The van der Waals surface area contributed by atoms with Gasteiger partial charge in [-0.2, -0.15) is 5.26 Å². The van der Waals surface area contributed by atoms with Gasteiger partial charge in [0, 0.05) is 29.0 Å². The number of hydrogen-bond donors (Lipinski definition) is 1. The molecule has 1 amide bonds. The molecule has 0 radical (unpaired) electrons. The van der Waals surface area contributed by atoms with Gasteiger partial charge in [-0.1, -0.05) is 12.1 Å². The van der Waals surface area contributed by atoms with E-state index < -0.39 is 0 Å². The van der Waals surface area contributed by atoms with E-state index in [9.17, 15) is 9.18 Å². The number of rotatable bonds is 4. The molecule has 4 nitrogen and oxygen atoms in total. The summed E-state index contributed by atoms with van der Waals surface area (Å²) < 4.78 is 15.2. The smallest absolute Gasteiger partial charge is 0.267 e. The number of benzene rings is 2. The lowest BCUT2D eigenvalue weighted by molar-refractivity contribution is 0.103. The van der Waals surface area contributed by atoms with Crippen LogP contribution in [0.15, 0.2) is 78.4 Å². The van der Waals surface area contributed by atoms with Crippen LogP contribution >= 0.6 is 11.3 Å². The molecule has 2 aromatic carbocycles. The van der Waals surface area contributed by atoms with Crippen LogP contribution in [0.2, 0.25) is 0 Å². The van der Waals surface area contributed by atoms with Crippen molar-refractivity contribution >= 4 is 22.9 Å². The zero-order chi connectivity index (χ0) is 19.5. The van der Waals surface area contributed by atoms with Gasteiger partial charge in [-0.3, -0.25) is 4.79 Å². The van der Waals surface area contributed by atoms with Crippen LogP contribution in [-0.4, -0.2) is 10.5 Å². The van der Waals surface area contributed by atoms with Gasteiger partial charge in [-0.05, 0) is 54.1 Å². The molecular formula is C22H14FN3OS. The van der Waals surface area contributed by atoms with Gasteiger partial charge in [0.25, 0.3) is 5.91 Å². The summed E-state index contributed by atoms with van der Waals surface area (Å²) in [5, 5.41) is 13.7. The van der Waals surface area contributed by atoms with E-state index in [0.29, 0.717) is 16.1 Å². The van der Waals surface area contributed by atoms with Gasteiger partial charge in [-0.15, -0.1) is 11.3 Å². The molecule has 2 aromatic heterocycles. The molecule has 1 N–H and O–H groups in total. The number of amides is 1. The molecule has 6 heteroatoms.